The van der Waals surface area contributed by atoms with Crippen molar-refractivity contribution >= 4 is 21.6 Å². The molecule has 204 valence electrons. The first-order valence-electron chi connectivity index (χ1n) is 12.7. The van der Waals surface area contributed by atoms with E-state index < -0.39 is 15.9 Å². The largest absolute Gasteiger partial charge is 0.497 e. The maximum absolute atomic E-state index is 13.6. The zero-order valence-electron chi connectivity index (χ0n) is 22.4. The van der Waals surface area contributed by atoms with E-state index in [1.807, 2.05) is 44.2 Å². The van der Waals surface area contributed by atoms with Crippen molar-refractivity contribution in [3.63, 3.8) is 0 Å². The van der Waals surface area contributed by atoms with Crippen LogP contribution in [0.1, 0.15) is 40.3 Å². The normalized spacial score (nSPS) is 14.1. The predicted octanol–water partition coefficient (Wildman–Crippen LogP) is 3.74. The van der Waals surface area contributed by atoms with Crippen LogP contribution in [-0.4, -0.2) is 60.5 Å². The number of hydrogen-bond acceptors (Lipinski definition) is 7. The molecule has 1 aliphatic rings. The maximum Gasteiger partial charge on any atom is 0.272 e. The number of nitrogens with one attached hydrogen (secondary N) is 1. The van der Waals surface area contributed by atoms with Crippen LogP contribution in [0, 0.1) is 13.8 Å². The Balaban J connectivity index is 1.60. The number of carbonyl (C=O) groups is 1. The lowest BCUT2D eigenvalue weighted by molar-refractivity contribution is 0.0946. The highest BCUT2D eigenvalue weighted by molar-refractivity contribution is 7.89. The molecule has 1 N–H and O–H groups in total. The van der Waals surface area contributed by atoms with Gasteiger partial charge in [-0.2, -0.15) is 9.40 Å². The zero-order chi connectivity index (χ0) is 27.7. The third kappa shape index (κ3) is 5.07. The van der Waals surface area contributed by atoms with Crippen LogP contribution in [0.5, 0.6) is 11.5 Å². The first-order chi connectivity index (χ1) is 18.7. The number of amides is 1. The highest BCUT2D eigenvalue weighted by atomic mass is 32.2. The number of hydrogen-bond donors (Lipinski definition) is 1. The topological polar surface area (TPSA) is 115 Å². The summed E-state index contributed by atoms with van der Waals surface area (Å²) in [5.74, 6) is 0.569. The molecule has 1 saturated heterocycles. The molecule has 0 bridgehead atoms. The van der Waals surface area contributed by atoms with Crippen molar-refractivity contribution in [1.82, 2.24) is 24.2 Å². The molecule has 1 aliphatic heterocycles. The minimum Gasteiger partial charge on any atom is -0.497 e. The van der Waals surface area contributed by atoms with Gasteiger partial charge in [-0.1, -0.05) is 18.2 Å². The zero-order valence-corrected chi connectivity index (χ0v) is 23.2. The molecule has 0 aliphatic carbocycles. The van der Waals surface area contributed by atoms with Crippen LogP contribution in [0.3, 0.4) is 0 Å². The molecule has 0 saturated carbocycles. The lowest BCUT2D eigenvalue weighted by Gasteiger charge is -2.18. The molecule has 1 fully saturated rings. The molecule has 0 unspecified atom stereocenters. The lowest BCUT2D eigenvalue weighted by atomic mass is 10.0. The monoisotopic (exact) mass is 549 g/mol. The summed E-state index contributed by atoms with van der Waals surface area (Å²) in [5, 5.41) is 7.55. The Kier molecular flexibility index (Phi) is 7.28. The van der Waals surface area contributed by atoms with E-state index in [2.05, 4.69) is 15.4 Å². The predicted molar refractivity (Wildman–Crippen MR) is 147 cm³/mol. The molecule has 2 aromatic heterocycles. The molecule has 11 heteroatoms. The first-order valence-corrected chi connectivity index (χ1v) is 14.1. The van der Waals surface area contributed by atoms with Gasteiger partial charge in [0.15, 0.2) is 11.3 Å². The molecule has 1 amide bonds. The molecule has 2 aromatic carbocycles. The maximum atomic E-state index is 13.6. The number of rotatable bonds is 8. The second kappa shape index (κ2) is 10.7. The van der Waals surface area contributed by atoms with Crippen molar-refractivity contribution in [3.05, 3.63) is 71.2 Å². The second-order valence-corrected chi connectivity index (χ2v) is 11.4. The summed E-state index contributed by atoms with van der Waals surface area (Å²) in [4.78, 5) is 18.3. The fourth-order valence-corrected chi connectivity index (χ4v) is 6.56. The second-order valence-electron chi connectivity index (χ2n) is 9.51. The van der Waals surface area contributed by atoms with Gasteiger partial charge in [0.2, 0.25) is 10.0 Å². The van der Waals surface area contributed by atoms with Crippen molar-refractivity contribution < 1.29 is 22.7 Å². The highest BCUT2D eigenvalue weighted by Gasteiger charge is 2.31. The van der Waals surface area contributed by atoms with E-state index in [1.54, 1.807) is 29.8 Å². The minimum absolute atomic E-state index is 0.0534. The van der Waals surface area contributed by atoms with Crippen molar-refractivity contribution in [2.24, 2.45) is 0 Å². The quantitative estimate of drug-likeness (QED) is 0.356. The number of fused-ring (bicyclic) bond motifs is 1. The number of aryl methyl sites for hydroxylation is 2. The Morgan fingerprint density at radius 3 is 2.38 bits per heavy atom. The summed E-state index contributed by atoms with van der Waals surface area (Å²) in [6.07, 6.45) is 1.63. The summed E-state index contributed by atoms with van der Waals surface area (Å²) in [5.41, 5.74) is 4.03. The van der Waals surface area contributed by atoms with Gasteiger partial charge in [-0.05, 0) is 68.1 Å². The lowest BCUT2D eigenvalue weighted by Crippen LogP contribution is -2.28. The number of nitrogens with zero attached hydrogens (tertiary/aromatic N) is 4. The van der Waals surface area contributed by atoms with Crippen LogP contribution in [0.2, 0.25) is 0 Å². The number of ether oxygens (including phenoxy) is 2. The summed E-state index contributed by atoms with van der Waals surface area (Å²) in [7, 11) is -0.758. The third-order valence-corrected chi connectivity index (χ3v) is 8.78. The van der Waals surface area contributed by atoms with Crippen LogP contribution in [-0.2, 0) is 16.6 Å². The van der Waals surface area contributed by atoms with Crippen LogP contribution in [0.15, 0.2) is 53.4 Å². The van der Waals surface area contributed by atoms with Gasteiger partial charge in [-0.25, -0.2) is 17.9 Å². The molecular formula is C28H31N5O5S. The number of benzene rings is 2. The van der Waals surface area contributed by atoms with Gasteiger partial charge in [0.05, 0.1) is 19.8 Å². The summed E-state index contributed by atoms with van der Waals surface area (Å²) >= 11 is 0. The van der Waals surface area contributed by atoms with E-state index in [0.717, 1.165) is 35.5 Å². The van der Waals surface area contributed by atoms with Crippen molar-refractivity contribution in [2.75, 3.05) is 27.3 Å². The van der Waals surface area contributed by atoms with Crippen molar-refractivity contribution in [3.8, 4) is 22.6 Å². The van der Waals surface area contributed by atoms with Gasteiger partial charge in [-0.3, -0.25) is 4.79 Å². The summed E-state index contributed by atoms with van der Waals surface area (Å²) in [6.45, 7) is 4.95. The summed E-state index contributed by atoms with van der Waals surface area (Å²) in [6, 6.07) is 14.2. The molecule has 10 nitrogen and oxygen atoms in total. The van der Waals surface area contributed by atoms with Gasteiger partial charge >= 0.3 is 0 Å². The smallest absolute Gasteiger partial charge is 0.272 e. The summed E-state index contributed by atoms with van der Waals surface area (Å²) < 4.78 is 40.8. The van der Waals surface area contributed by atoms with Crippen LogP contribution >= 0.6 is 0 Å². The van der Waals surface area contributed by atoms with E-state index in [9.17, 15) is 13.2 Å². The molecule has 0 atom stereocenters. The number of aromatic nitrogens is 3. The van der Waals surface area contributed by atoms with Gasteiger partial charge in [0.25, 0.3) is 5.91 Å². The molecule has 5 rings (SSSR count). The number of methoxy groups -OCH3 is 2. The van der Waals surface area contributed by atoms with Crippen molar-refractivity contribution in [1.29, 1.82) is 0 Å². The van der Waals surface area contributed by atoms with Crippen LogP contribution in [0.4, 0.5) is 0 Å². The Hall–Kier alpha value is -3.96. The average molecular weight is 550 g/mol. The Bertz CT molecular complexity index is 1640. The minimum atomic E-state index is -3.80. The number of sulfonamides is 1. The van der Waals surface area contributed by atoms with E-state index in [4.69, 9.17) is 9.47 Å². The van der Waals surface area contributed by atoms with Gasteiger partial charge in [0, 0.05) is 31.0 Å². The number of carbonyl (C=O) groups excluding carboxylic acids is 1. The first kappa shape index (κ1) is 26.6. The van der Waals surface area contributed by atoms with Crippen molar-refractivity contribution in [2.45, 2.75) is 38.1 Å². The highest BCUT2D eigenvalue weighted by Crippen LogP contribution is 2.36. The van der Waals surface area contributed by atoms with Gasteiger partial charge < -0.3 is 14.8 Å². The average Bonchev–Trinajstić information content (AvgIpc) is 3.61. The Labute approximate surface area is 227 Å². The van der Waals surface area contributed by atoms with Gasteiger partial charge in [-0.15, -0.1) is 0 Å². The molecular weight excluding hydrogens is 518 g/mol. The SMILES string of the molecule is COc1ccc(CNC(=O)c2nn3c(C)cc(C)nc3c2-c2ccc(OC)c(S(=O)(=O)N3CCCC3)c2)cc1. The molecule has 39 heavy (non-hydrogen) atoms. The van der Waals surface area contributed by atoms with Crippen LogP contribution in [0.25, 0.3) is 16.8 Å². The Morgan fingerprint density at radius 1 is 1.00 bits per heavy atom. The molecule has 0 spiro atoms. The fourth-order valence-electron chi connectivity index (χ4n) is 4.86. The van der Waals surface area contributed by atoms with E-state index in [1.165, 1.54) is 11.4 Å². The van der Waals surface area contributed by atoms with E-state index in [0.29, 0.717) is 29.9 Å². The third-order valence-electron chi connectivity index (χ3n) is 6.86. The van der Waals surface area contributed by atoms with Gasteiger partial charge in [0.1, 0.15) is 16.4 Å². The molecule has 4 aromatic rings. The molecule has 3 heterocycles. The van der Waals surface area contributed by atoms with Crippen LogP contribution < -0.4 is 14.8 Å². The fraction of sp³-hybridized carbons (Fsp3) is 0.321. The van der Waals surface area contributed by atoms with E-state index >= 15 is 0 Å². The van der Waals surface area contributed by atoms with E-state index in [-0.39, 0.29) is 22.9 Å². The molecule has 0 radical (unpaired) electrons. The standard InChI is InChI=1S/C28H31N5O5S/c1-18-15-19(2)33-27(30-18)25(26(31-33)28(34)29-17-20-7-10-22(37-3)11-8-20)21-9-12-23(38-4)24(16-21)39(35,36)32-13-5-6-14-32/h7-12,15-16H,5-6,13-14,17H2,1-4H3,(H,29,34). The Morgan fingerprint density at radius 2 is 1.72 bits per heavy atom.